The van der Waals surface area contributed by atoms with E-state index < -0.39 is 41.6 Å². The van der Waals surface area contributed by atoms with Crippen molar-refractivity contribution in [3.05, 3.63) is 35.1 Å². The average molecular weight is 424 g/mol. The van der Waals surface area contributed by atoms with E-state index in [2.05, 4.69) is 4.90 Å². The number of nitriles is 1. The van der Waals surface area contributed by atoms with Crippen LogP contribution >= 0.6 is 0 Å². The lowest BCUT2D eigenvalue weighted by molar-refractivity contribution is -0.134. The molecule has 3 saturated heterocycles. The lowest BCUT2D eigenvalue weighted by atomic mass is 9.84. The van der Waals surface area contributed by atoms with Crippen LogP contribution in [-0.2, 0) is 11.3 Å². The Morgan fingerprint density at radius 3 is 2.40 bits per heavy atom. The molecule has 5 atom stereocenters. The number of nitrogens with two attached hydrogens (primary N) is 1. The van der Waals surface area contributed by atoms with Gasteiger partial charge in [-0.15, -0.1) is 0 Å². The maximum absolute atomic E-state index is 14.1. The summed E-state index contributed by atoms with van der Waals surface area (Å²) in [5, 5.41) is 9.18. The molecule has 3 fully saturated rings. The van der Waals surface area contributed by atoms with Gasteiger partial charge in [-0.2, -0.15) is 5.26 Å². The van der Waals surface area contributed by atoms with Crippen LogP contribution in [-0.4, -0.2) is 52.6 Å². The summed E-state index contributed by atoms with van der Waals surface area (Å²) in [7, 11) is 0. The van der Waals surface area contributed by atoms with Crippen LogP contribution in [0.2, 0.25) is 0 Å². The summed E-state index contributed by atoms with van der Waals surface area (Å²) < 4.78 is 54.5. The third-order valence-corrected chi connectivity index (χ3v) is 6.84. The molecule has 5 nitrogen and oxygen atoms in total. The number of amides is 1. The highest BCUT2D eigenvalue weighted by molar-refractivity contribution is 5.83. The molecule has 0 saturated carbocycles. The van der Waals surface area contributed by atoms with Gasteiger partial charge in [-0.1, -0.05) is 0 Å². The van der Waals surface area contributed by atoms with Crippen LogP contribution in [0.15, 0.2) is 12.1 Å². The Balaban J connectivity index is 1.43. The van der Waals surface area contributed by atoms with Crippen LogP contribution in [0.1, 0.15) is 37.7 Å². The Morgan fingerprint density at radius 1 is 1.13 bits per heavy atom. The van der Waals surface area contributed by atoms with Gasteiger partial charge in [0.15, 0.2) is 11.6 Å². The van der Waals surface area contributed by atoms with Crippen LogP contribution in [0.5, 0.6) is 0 Å². The van der Waals surface area contributed by atoms with E-state index in [1.165, 1.54) is 4.90 Å². The first-order valence-corrected chi connectivity index (χ1v) is 10.3. The molecule has 3 aliphatic rings. The predicted molar refractivity (Wildman–Crippen MR) is 100.0 cm³/mol. The summed E-state index contributed by atoms with van der Waals surface area (Å²) in [6.07, 6.45) is 1.72. The first kappa shape index (κ1) is 21.1. The maximum atomic E-state index is 14.1. The zero-order chi connectivity index (χ0) is 21.6. The van der Waals surface area contributed by atoms with Gasteiger partial charge in [-0.25, -0.2) is 17.6 Å². The molecule has 1 aromatic carbocycles. The number of alkyl halides is 1. The van der Waals surface area contributed by atoms with Crippen molar-refractivity contribution in [1.29, 1.82) is 5.26 Å². The third-order valence-electron chi connectivity index (χ3n) is 6.84. The second-order valence-corrected chi connectivity index (χ2v) is 8.64. The van der Waals surface area contributed by atoms with Gasteiger partial charge in [0, 0.05) is 36.7 Å². The van der Waals surface area contributed by atoms with Crippen LogP contribution in [0.3, 0.4) is 0 Å². The number of hydrogen-bond acceptors (Lipinski definition) is 4. The molecular weight excluding hydrogens is 400 g/mol. The van der Waals surface area contributed by atoms with Crippen LogP contribution in [0.4, 0.5) is 17.6 Å². The number of nitrogens with zero attached hydrogens (tertiary/aromatic N) is 3. The molecule has 1 aromatic rings. The molecule has 0 aromatic heterocycles. The molecule has 2 N–H and O–H groups in total. The molecule has 2 unspecified atom stereocenters. The van der Waals surface area contributed by atoms with Gasteiger partial charge in [-0.05, 0) is 37.7 Å². The quantitative estimate of drug-likeness (QED) is 0.596. The van der Waals surface area contributed by atoms with Gasteiger partial charge in [0.05, 0.1) is 18.7 Å². The number of hydrogen-bond donors (Lipinski definition) is 1. The number of benzene rings is 1. The number of halogens is 4. The molecular formula is C21H24F4N4O. The highest BCUT2D eigenvalue weighted by Crippen LogP contribution is 2.41. The van der Waals surface area contributed by atoms with Gasteiger partial charge in [0.2, 0.25) is 5.91 Å². The normalized spacial score (nSPS) is 32.3. The highest BCUT2D eigenvalue weighted by Gasteiger charge is 2.46. The summed E-state index contributed by atoms with van der Waals surface area (Å²) >= 11 is 0. The van der Waals surface area contributed by atoms with Crippen molar-refractivity contribution in [1.82, 2.24) is 9.80 Å². The molecule has 2 bridgehead atoms. The fourth-order valence-corrected chi connectivity index (χ4v) is 5.29. The maximum Gasteiger partial charge on any atom is 0.240 e. The van der Waals surface area contributed by atoms with Gasteiger partial charge in [0.1, 0.15) is 18.0 Å². The van der Waals surface area contributed by atoms with Crippen molar-refractivity contribution in [3.8, 4) is 6.07 Å². The monoisotopic (exact) mass is 424 g/mol. The summed E-state index contributed by atoms with van der Waals surface area (Å²) in [4.78, 5) is 16.2. The molecule has 0 aliphatic carbocycles. The number of rotatable bonds is 4. The van der Waals surface area contributed by atoms with Crippen LogP contribution < -0.4 is 5.73 Å². The lowest BCUT2D eigenvalue weighted by Gasteiger charge is -2.41. The standard InChI is InChI=1S/C21H24F4N4O/c22-13-6-16(8-26)29(10-13)21(30)20(27)11-3-14-1-2-15(4-11)28(14)9-12-5-18(24)19(25)7-17(12)23/h5,7,11,13-16,20H,1-4,6,9-10,27H2/t11?,13-,14?,15?,16-,20-/m0/s1. The Hall–Kier alpha value is -2.18. The molecule has 162 valence electrons. The van der Waals surface area contributed by atoms with E-state index in [1.54, 1.807) is 0 Å². The fourth-order valence-electron chi connectivity index (χ4n) is 5.29. The first-order valence-electron chi connectivity index (χ1n) is 10.3. The average Bonchev–Trinajstić information content (AvgIpc) is 3.19. The van der Waals surface area contributed by atoms with E-state index in [9.17, 15) is 27.6 Å². The summed E-state index contributed by atoms with van der Waals surface area (Å²) in [5.41, 5.74) is 6.36. The van der Waals surface area contributed by atoms with Crippen LogP contribution in [0, 0.1) is 34.7 Å². The van der Waals surface area contributed by atoms with Gasteiger partial charge >= 0.3 is 0 Å². The van der Waals surface area contributed by atoms with Gasteiger partial charge in [0.25, 0.3) is 0 Å². The summed E-state index contributed by atoms with van der Waals surface area (Å²) in [5.74, 6) is -3.59. The Labute approximate surface area is 172 Å². The Kier molecular flexibility index (Phi) is 5.73. The lowest BCUT2D eigenvalue weighted by Crippen LogP contribution is -2.53. The minimum absolute atomic E-state index is 0.0123. The van der Waals surface area contributed by atoms with Crippen molar-refractivity contribution >= 4 is 5.91 Å². The topological polar surface area (TPSA) is 73.4 Å². The largest absolute Gasteiger partial charge is 0.322 e. The number of carbonyl (C=O) groups is 1. The number of piperidine rings is 1. The molecule has 3 aliphatic heterocycles. The summed E-state index contributed by atoms with van der Waals surface area (Å²) in [6.45, 7) is 0.0618. The second kappa shape index (κ2) is 8.16. The Morgan fingerprint density at radius 2 is 1.77 bits per heavy atom. The molecule has 4 rings (SSSR count). The van der Waals surface area contributed by atoms with Crippen molar-refractivity contribution in [2.45, 2.75) is 69.0 Å². The number of fused-ring (bicyclic) bond motifs is 2. The number of likely N-dealkylation sites (tertiary alicyclic amines) is 1. The van der Waals surface area contributed by atoms with E-state index >= 15 is 0 Å². The van der Waals surface area contributed by atoms with Crippen molar-refractivity contribution in [2.24, 2.45) is 11.7 Å². The molecule has 3 heterocycles. The fraction of sp³-hybridized carbons (Fsp3) is 0.619. The first-order chi connectivity index (χ1) is 14.3. The van der Waals surface area contributed by atoms with Gasteiger partial charge < -0.3 is 10.6 Å². The zero-order valence-corrected chi connectivity index (χ0v) is 16.4. The van der Waals surface area contributed by atoms with E-state index in [0.29, 0.717) is 18.9 Å². The van der Waals surface area contributed by atoms with Crippen molar-refractivity contribution < 1.29 is 22.4 Å². The van der Waals surface area contributed by atoms with E-state index in [-0.39, 0.29) is 43.1 Å². The highest BCUT2D eigenvalue weighted by atomic mass is 19.2. The Bertz CT molecular complexity index is 861. The smallest absolute Gasteiger partial charge is 0.240 e. The van der Waals surface area contributed by atoms with Crippen molar-refractivity contribution in [2.75, 3.05) is 6.54 Å². The van der Waals surface area contributed by atoms with Gasteiger partial charge in [-0.3, -0.25) is 9.69 Å². The predicted octanol–water partition coefficient (Wildman–Crippen LogP) is 2.64. The third kappa shape index (κ3) is 3.79. The minimum Gasteiger partial charge on any atom is -0.322 e. The second-order valence-electron chi connectivity index (χ2n) is 8.64. The van der Waals surface area contributed by atoms with E-state index in [0.717, 1.165) is 18.9 Å². The number of carbonyl (C=O) groups excluding carboxylic acids is 1. The van der Waals surface area contributed by atoms with E-state index in [1.807, 2.05) is 6.07 Å². The summed E-state index contributed by atoms with van der Waals surface area (Å²) in [6, 6.07) is 1.93. The molecule has 0 spiro atoms. The molecule has 0 radical (unpaired) electrons. The molecule has 9 heteroatoms. The van der Waals surface area contributed by atoms with Crippen LogP contribution in [0.25, 0.3) is 0 Å². The van der Waals surface area contributed by atoms with E-state index in [4.69, 9.17) is 5.73 Å². The zero-order valence-electron chi connectivity index (χ0n) is 16.4. The molecule has 30 heavy (non-hydrogen) atoms. The van der Waals surface area contributed by atoms with Crippen molar-refractivity contribution in [3.63, 3.8) is 0 Å². The molecule has 1 amide bonds. The SMILES string of the molecule is N#C[C@@H]1C[C@H](F)CN1C(=O)[C@@H](N)C1CC2CCC(C1)N2Cc1cc(F)c(F)cc1F. The minimum atomic E-state index is -1.21.